The number of nitrogens with one attached hydrogen (secondary N) is 2. The highest BCUT2D eigenvalue weighted by molar-refractivity contribution is 6.36. The number of rotatable bonds is 10. The van der Waals surface area contributed by atoms with E-state index in [-0.39, 0.29) is 88.9 Å². The van der Waals surface area contributed by atoms with E-state index in [1.807, 2.05) is 0 Å². The maximum absolute atomic E-state index is 14.0. The van der Waals surface area contributed by atoms with Gasteiger partial charge in [0.25, 0.3) is 23.6 Å². The zero-order valence-electron chi connectivity index (χ0n) is 32.6. The summed E-state index contributed by atoms with van der Waals surface area (Å²) in [5.41, 5.74) is 13.4. The number of fused-ring (bicyclic) bond motifs is 1. The number of piperazine rings is 1. The van der Waals surface area contributed by atoms with Gasteiger partial charge in [-0.1, -0.05) is 35.3 Å². The minimum atomic E-state index is -1.35. The fraction of sp³-hybridized carbons (Fsp3) is 0.293. The molecule has 0 unspecified atom stereocenters. The van der Waals surface area contributed by atoms with Crippen molar-refractivity contribution in [1.82, 2.24) is 30.2 Å². The van der Waals surface area contributed by atoms with E-state index in [0.717, 1.165) is 11.0 Å². The van der Waals surface area contributed by atoms with Gasteiger partial charge in [0.05, 0.1) is 22.8 Å². The first-order valence-corrected chi connectivity index (χ1v) is 19.8. The molecule has 4 aromatic rings. The van der Waals surface area contributed by atoms with E-state index in [1.165, 1.54) is 42.5 Å². The molecule has 3 aliphatic rings. The number of benzene rings is 3. The van der Waals surface area contributed by atoms with Crippen LogP contribution in [0.4, 0.5) is 15.9 Å². The number of ether oxygens (including phenoxy) is 1. The van der Waals surface area contributed by atoms with Crippen LogP contribution < -0.4 is 26.8 Å². The number of nitrogens with zero attached hydrogens (tertiary/aromatic N) is 5. The fourth-order valence-electron chi connectivity index (χ4n) is 7.76. The highest BCUT2D eigenvalue weighted by atomic mass is 35.5. The van der Waals surface area contributed by atoms with Crippen molar-refractivity contribution >= 4 is 76.1 Å². The first-order valence-electron chi connectivity index (χ1n) is 19.1. The van der Waals surface area contributed by atoms with Crippen LogP contribution in [0.3, 0.4) is 0 Å². The van der Waals surface area contributed by atoms with Crippen molar-refractivity contribution in [1.29, 1.82) is 0 Å². The molecule has 1 aromatic heterocycles. The molecule has 7 rings (SSSR count). The van der Waals surface area contributed by atoms with Gasteiger partial charge in [-0.2, -0.15) is 0 Å². The highest BCUT2D eigenvalue weighted by Crippen LogP contribution is 2.34. The normalized spacial score (nSPS) is 19.4. The Kier molecular flexibility index (Phi) is 12.0. The van der Waals surface area contributed by atoms with Gasteiger partial charge in [0.1, 0.15) is 17.9 Å². The molecule has 3 aliphatic heterocycles. The smallest absolute Gasteiger partial charge is 0.276 e. The van der Waals surface area contributed by atoms with Crippen molar-refractivity contribution in [2.24, 2.45) is 5.73 Å². The number of piperidine rings is 1. The van der Waals surface area contributed by atoms with Crippen LogP contribution in [0.2, 0.25) is 10.0 Å². The third kappa shape index (κ3) is 8.33. The lowest BCUT2D eigenvalue weighted by Gasteiger charge is -2.45. The predicted octanol–water partition coefficient (Wildman–Crippen LogP) is 3.54. The van der Waals surface area contributed by atoms with Gasteiger partial charge in [0, 0.05) is 60.4 Å². The zero-order valence-corrected chi connectivity index (χ0v) is 34.1. The molecule has 6 N–H and O–H groups in total. The SMILES string of the molecule is C[C@@H]1CN(C(=O)c2ccc(NC(=O)c3cc(OCCc4c(Cl)ccc(F)c4Cl)c(N)nn3)cc2)C[C@H](C)N1C(=O)[C@H](N)c1cccc2c1C(=O)N([C@@H]1CCC(=O)NC1=O)C2=O. The maximum Gasteiger partial charge on any atom is 0.276 e. The average molecular weight is 875 g/mol. The number of aromatic nitrogens is 2. The molecule has 0 bridgehead atoms. The van der Waals surface area contributed by atoms with Gasteiger partial charge in [-0.3, -0.25) is 43.8 Å². The van der Waals surface area contributed by atoms with Gasteiger partial charge in [0.15, 0.2) is 17.3 Å². The number of amides is 7. The summed E-state index contributed by atoms with van der Waals surface area (Å²) < 4.78 is 19.6. The Morgan fingerprint density at radius 1 is 0.984 bits per heavy atom. The third-order valence-corrected chi connectivity index (χ3v) is 11.5. The number of carbonyl (C=O) groups excluding carboxylic acids is 7. The van der Waals surface area contributed by atoms with E-state index in [9.17, 15) is 38.0 Å². The van der Waals surface area contributed by atoms with Crippen LogP contribution in [0.25, 0.3) is 0 Å². The summed E-state index contributed by atoms with van der Waals surface area (Å²) in [5.74, 6) is -4.88. The first-order chi connectivity index (χ1) is 29.0. The van der Waals surface area contributed by atoms with Crippen LogP contribution in [0.1, 0.15) is 85.4 Å². The lowest BCUT2D eigenvalue weighted by molar-refractivity contribution is -0.140. The van der Waals surface area contributed by atoms with Gasteiger partial charge < -0.3 is 31.3 Å². The molecule has 4 heterocycles. The molecule has 316 valence electrons. The topological polar surface area (TPSA) is 240 Å². The van der Waals surface area contributed by atoms with E-state index in [4.69, 9.17) is 39.4 Å². The van der Waals surface area contributed by atoms with E-state index in [0.29, 0.717) is 16.8 Å². The number of halogens is 3. The Balaban J connectivity index is 0.961. The molecule has 61 heavy (non-hydrogen) atoms. The highest BCUT2D eigenvalue weighted by Gasteiger charge is 2.47. The number of anilines is 2. The zero-order chi connectivity index (χ0) is 43.9. The first kappa shape index (κ1) is 42.6. The van der Waals surface area contributed by atoms with Gasteiger partial charge in [-0.15, -0.1) is 10.2 Å². The maximum atomic E-state index is 14.0. The van der Waals surface area contributed by atoms with Crippen molar-refractivity contribution in [2.45, 2.75) is 57.3 Å². The number of hydrogen-bond acceptors (Lipinski definition) is 12. The monoisotopic (exact) mass is 873 g/mol. The molecule has 2 saturated heterocycles. The summed E-state index contributed by atoms with van der Waals surface area (Å²) in [6, 6.07) is 10.9. The molecule has 0 saturated carbocycles. The number of hydrogen-bond donors (Lipinski definition) is 4. The Hall–Kier alpha value is -6.50. The van der Waals surface area contributed by atoms with E-state index in [2.05, 4.69) is 20.8 Å². The molecule has 7 amide bonds. The largest absolute Gasteiger partial charge is 0.489 e. The molecule has 17 nitrogen and oxygen atoms in total. The predicted molar refractivity (Wildman–Crippen MR) is 218 cm³/mol. The second-order valence-corrected chi connectivity index (χ2v) is 15.6. The number of nitrogen functional groups attached to an aromatic ring is 1. The van der Waals surface area contributed by atoms with E-state index < -0.39 is 65.4 Å². The van der Waals surface area contributed by atoms with Crippen LogP contribution in [0.5, 0.6) is 5.75 Å². The Morgan fingerprint density at radius 2 is 1.69 bits per heavy atom. The van der Waals surface area contributed by atoms with Gasteiger partial charge in [0.2, 0.25) is 17.7 Å². The molecule has 0 radical (unpaired) electrons. The molecule has 0 spiro atoms. The van der Waals surface area contributed by atoms with Gasteiger partial charge in [-0.05, 0) is 73.9 Å². The van der Waals surface area contributed by atoms with E-state index >= 15 is 0 Å². The molecule has 3 aromatic carbocycles. The van der Waals surface area contributed by atoms with Crippen molar-refractivity contribution in [3.63, 3.8) is 0 Å². The van der Waals surface area contributed by atoms with Crippen LogP contribution in [0.15, 0.2) is 60.7 Å². The van der Waals surface area contributed by atoms with Gasteiger partial charge in [-0.25, -0.2) is 4.39 Å². The molecular formula is C41H38Cl2FN9O8. The minimum Gasteiger partial charge on any atom is -0.489 e. The molecular weight excluding hydrogens is 836 g/mol. The van der Waals surface area contributed by atoms with Crippen LogP contribution >= 0.6 is 23.2 Å². The van der Waals surface area contributed by atoms with Crippen molar-refractivity contribution in [3.8, 4) is 5.75 Å². The molecule has 0 aliphatic carbocycles. The summed E-state index contributed by atoms with van der Waals surface area (Å²) in [5, 5.41) is 12.6. The third-order valence-electron chi connectivity index (χ3n) is 10.7. The summed E-state index contributed by atoms with van der Waals surface area (Å²) in [6.45, 7) is 3.81. The fourth-order valence-corrected chi connectivity index (χ4v) is 8.32. The summed E-state index contributed by atoms with van der Waals surface area (Å²) in [4.78, 5) is 96.1. The Labute approximate surface area is 357 Å². The summed E-state index contributed by atoms with van der Waals surface area (Å²) >= 11 is 12.2. The number of imide groups is 2. The van der Waals surface area contributed by atoms with E-state index in [1.54, 1.807) is 35.8 Å². The lowest BCUT2D eigenvalue weighted by atomic mass is 9.95. The van der Waals surface area contributed by atoms with Crippen LogP contribution in [-0.4, -0.2) is 104 Å². The number of nitrogens with two attached hydrogens (primary N) is 2. The quantitative estimate of drug-likeness (QED) is 0.132. The molecule has 2 fully saturated rings. The summed E-state index contributed by atoms with van der Waals surface area (Å²) in [6.07, 6.45) is 0.0749. The molecule has 20 heteroatoms. The number of carbonyl (C=O) groups is 7. The van der Waals surface area contributed by atoms with Crippen molar-refractivity contribution in [3.05, 3.63) is 110 Å². The average Bonchev–Trinajstić information content (AvgIpc) is 3.49. The van der Waals surface area contributed by atoms with Crippen molar-refractivity contribution < 1.29 is 42.7 Å². The standard InChI is InChI=1S/C41H38Cl2FN9O8/c1-19-17-51(18-20(2)52(19)41(60)34(45)24-4-3-5-25-32(24)40(59)53(39(25)58)29-12-13-31(54)48-37(29)56)38(57)21-6-8-22(9-7-21)47-36(55)28-16-30(35(46)50-49-28)61-15-14-23-26(42)10-11-27(44)33(23)43/h3-11,16,19-20,29,34H,12-15,17-18,45H2,1-2H3,(H2,46,50)(H,47,55)(H,48,54,56)/t19-,20+,29-,34-/m1/s1. The Bertz CT molecular complexity index is 2500. The second kappa shape index (κ2) is 17.2. The van der Waals surface area contributed by atoms with Crippen molar-refractivity contribution in [2.75, 3.05) is 30.7 Å². The molecule has 4 atom stereocenters. The van der Waals surface area contributed by atoms with Crippen LogP contribution in [0, 0.1) is 5.82 Å². The minimum absolute atomic E-state index is 0.00336. The lowest BCUT2D eigenvalue weighted by Crippen LogP contribution is -2.61. The Morgan fingerprint density at radius 3 is 2.38 bits per heavy atom. The summed E-state index contributed by atoms with van der Waals surface area (Å²) in [7, 11) is 0. The van der Waals surface area contributed by atoms with Gasteiger partial charge >= 0.3 is 0 Å². The second-order valence-electron chi connectivity index (χ2n) is 14.8. The van der Waals surface area contributed by atoms with Crippen LogP contribution in [-0.2, 0) is 20.8 Å².